The largest absolute Gasteiger partial charge is 0.309 e. The highest BCUT2D eigenvalue weighted by Crippen LogP contribution is 2.24. The normalized spacial score (nSPS) is 20.5. The Balaban J connectivity index is 1.74. The zero-order chi connectivity index (χ0) is 12.8. The van der Waals surface area contributed by atoms with Crippen LogP contribution in [-0.2, 0) is 13.1 Å². The lowest BCUT2D eigenvalue weighted by atomic mass is 10.2. The van der Waals surface area contributed by atoms with Crippen molar-refractivity contribution in [2.24, 2.45) is 5.92 Å². The monoisotopic (exact) mass is 268 g/mol. The third kappa shape index (κ3) is 4.28. The van der Waals surface area contributed by atoms with E-state index in [2.05, 4.69) is 41.0 Å². The molecule has 0 radical (unpaired) electrons. The standard InChI is InChI=1S/C13H24N4S/c1-11(2)9-17-13(15-10-16-17)8-14-7-12-5-3-4-6-18-12/h10-12,14H,3-9H2,1-2H3. The predicted molar refractivity (Wildman–Crippen MR) is 76.7 cm³/mol. The molecule has 0 spiro atoms. The zero-order valence-electron chi connectivity index (χ0n) is 11.4. The van der Waals surface area contributed by atoms with Crippen LogP contribution < -0.4 is 5.32 Å². The Labute approximate surface area is 114 Å². The van der Waals surface area contributed by atoms with Gasteiger partial charge in [-0.15, -0.1) is 0 Å². The van der Waals surface area contributed by atoms with E-state index in [1.54, 1.807) is 6.33 Å². The summed E-state index contributed by atoms with van der Waals surface area (Å²) in [7, 11) is 0. The lowest BCUT2D eigenvalue weighted by molar-refractivity contribution is 0.456. The van der Waals surface area contributed by atoms with E-state index in [1.807, 2.05) is 4.68 Å². The molecule has 2 rings (SSSR count). The van der Waals surface area contributed by atoms with Crippen LogP contribution in [0.15, 0.2) is 6.33 Å². The van der Waals surface area contributed by atoms with E-state index >= 15 is 0 Å². The fourth-order valence-electron chi connectivity index (χ4n) is 2.24. The van der Waals surface area contributed by atoms with Crippen molar-refractivity contribution >= 4 is 11.8 Å². The van der Waals surface area contributed by atoms with Gasteiger partial charge in [0.05, 0.1) is 6.54 Å². The first-order valence-corrected chi connectivity index (χ1v) is 7.99. The van der Waals surface area contributed by atoms with E-state index in [1.165, 1.54) is 25.0 Å². The SMILES string of the molecule is CC(C)Cn1ncnc1CNCC1CCCCS1. The van der Waals surface area contributed by atoms with Crippen molar-refractivity contribution in [3.63, 3.8) is 0 Å². The Hall–Kier alpha value is -0.550. The van der Waals surface area contributed by atoms with Crippen LogP contribution in [0.1, 0.15) is 38.9 Å². The summed E-state index contributed by atoms with van der Waals surface area (Å²) < 4.78 is 2.02. The second-order valence-corrected chi connectivity index (χ2v) is 6.78. The van der Waals surface area contributed by atoms with E-state index in [0.717, 1.165) is 30.7 Å². The summed E-state index contributed by atoms with van der Waals surface area (Å²) in [5.41, 5.74) is 0. The highest BCUT2D eigenvalue weighted by atomic mass is 32.2. The molecule has 1 aliphatic rings. The number of hydrogen-bond acceptors (Lipinski definition) is 4. The van der Waals surface area contributed by atoms with E-state index in [9.17, 15) is 0 Å². The maximum Gasteiger partial charge on any atom is 0.140 e. The van der Waals surface area contributed by atoms with Crippen molar-refractivity contribution in [2.75, 3.05) is 12.3 Å². The molecule has 1 saturated heterocycles. The smallest absolute Gasteiger partial charge is 0.140 e. The van der Waals surface area contributed by atoms with Gasteiger partial charge in [-0.1, -0.05) is 20.3 Å². The molecule has 4 nitrogen and oxygen atoms in total. The lowest BCUT2D eigenvalue weighted by Crippen LogP contribution is -2.28. The van der Waals surface area contributed by atoms with Crippen LogP contribution in [0.3, 0.4) is 0 Å². The highest BCUT2D eigenvalue weighted by Gasteiger charge is 2.13. The van der Waals surface area contributed by atoms with Gasteiger partial charge in [0.15, 0.2) is 0 Å². The van der Waals surface area contributed by atoms with Crippen molar-refractivity contribution in [3.8, 4) is 0 Å². The minimum absolute atomic E-state index is 0.611. The molecule has 1 aromatic rings. The topological polar surface area (TPSA) is 42.7 Å². The predicted octanol–water partition coefficient (Wildman–Crippen LogP) is 2.31. The van der Waals surface area contributed by atoms with Crippen LogP contribution in [0.4, 0.5) is 0 Å². The van der Waals surface area contributed by atoms with Gasteiger partial charge in [-0.25, -0.2) is 9.67 Å². The molecule has 1 fully saturated rings. The van der Waals surface area contributed by atoms with Crippen LogP contribution in [0.25, 0.3) is 0 Å². The first-order valence-electron chi connectivity index (χ1n) is 6.94. The molecule has 1 atom stereocenters. The van der Waals surface area contributed by atoms with E-state index in [-0.39, 0.29) is 0 Å². The molecule has 0 amide bonds. The zero-order valence-corrected chi connectivity index (χ0v) is 12.2. The van der Waals surface area contributed by atoms with E-state index in [4.69, 9.17) is 0 Å². The summed E-state index contributed by atoms with van der Waals surface area (Å²) in [6, 6.07) is 0. The van der Waals surface area contributed by atoms with Gasteiger partial charge in [-0.2, -0.15) is 16.9 Å². The molecule has 1 N–H and O–H groups in total. The van der Waals surface area contributed by atoms with Gasteiger partial charge in [0, 0.05) is 18.3 Å². The summed E-state index contributed by atoms with van der Waals surface area (Å²) in [5, 5.41) is 8.60. The molecule has 0 aliphatic carbocycles. The van der Waals surface area contributed by atoms with Crippen LogP contribution in [-0.4, -0.2) is 32.3 Å². The number of aromatic nitrogens is 3. The number of rotatable bonds is 6. The number of hydrogen-bond donors (Lipinski definition) is 1. The fourth-order valence-corrected chi connectivity index (χ4v) is 3.51. The van der Waals surface area contributed by atoms with Crippen molar-refractivity contribution in [2.45, 2.75) is 51.4 Å². The fraction of sp³-hybridized carbons (Fsp3) is 0.846. The Morgan fingerprint density at radius 1 is 1.50 bits per heavy atom. The average Bonchev–Trinajstić information content (AvgIpc) is 2.77. The molecule has 102 valence electrons. The third-order valence-electron chi connectivity index (χ3n) is 3.16. The maximum absolute atomic E-state index is 4.33. The van der Waals surface area contributed by atoms with Gasteiger partial charge >= 0.3 is 0 Å². The van der Waals surface area contributed by atoms with E-state index < -0.39 is 0 Å². The van der Waals surface area contributed by atoms with Gasteiger partial charge in [0.2, 0.25) is 0 Å². The summed E-state index contributed by atoms with van der Waals surface area (Å²) in [6.45, 7) is 7.30. The molecule has 1 aliphatic heterocycles. The molecular weight excluding hydrogens is 244 g/mol. The number of nitrogens with one attached hydrogen (secondary N) is 1. The Bertz CT molecular complexity index is 345. The first kappa shape index (κ1) is 13.9. The summed E-state index contributed by atoms with van der Waals surface area (Å²) >= 11 is 2.11. The lowest BCUT2D eigenvalue weighted by Gasteiger charge is -2.21. The van der Waals surface area contributed by atoms with Gasteiger partial charge in [0.1, 0.15) is 12.2 Å². The van der Waals surface area contributed by atoms with E-state index in [0.29, 0.717) is 5.92 Å². The van der Waals surface area contributed by atoms with Crippen molar-refractivity contribution < 1.29 is 0 Å². The quantitative estimate of drug-likeness (QED) is 0.860. The molecule has 0 bridgehead atoms. The summed E-state index contributed by atoms with van der Waals surface area (Å²) in [5.74, 6) is 3.00. The number of thioether (sulfide) groups is 1. The van der Waals surface area contributed by atoms with Gasteiger partial charge in [-0.3, -0.25) is 0 Å². The first-order chi connectivity index (χ1) is 8.75. The van der Waals surface area contributed by atoms with Crippen molar-refractivity contribution in [1.29, 1.82) is 0 Å². The van der Waals surface area contributed by atoms with Gasteiger partial charge in [-0.05, 0) is 24.5 Å². The van der Waals surface area contributed by atoms with Crippen molar-refractivity contribution in [1.82, 2.24) is 20.1 Å². The summed E-state index contributed by atoms with van der Waals surface area (Å²) in [6.07, 6.45) is 5.80. The molecule has 2 heterocycles. The minimum atomic E-state index is 0.611. The molecule has 0 aromatic carbocycles. The van der Waals surface area contributed by atoms with Crippen molar-refractivity contribution in [3.05, 3.63) is 12.2 Å². The van der Waals surface area contributed by atoms with Crippen LogP contribution in [0, 0.1) is 5.92 Å². The van der Waals surface area contributed by atoms with Crippen LogP contribution in [0.2, 0.25) is 0 Å². The van der Waals surface area contributed by atoms with Gasteiger partial charge in [0.25, 0.3) is 0 Å². The molecule has 1 aromatic heterocycles. The Kier molecular flexibility index (Phi) is 5.50. The molecule has 5 heteroatoms. The molecule has 1 unspecified atom stereocenters. The minimum Gasteiger partial charge on any atom is -0.309 e. The summed E-state index contributed by atoms with van der Waals surface area (Å²) in [4.78, 5) is 4.33. The maximum atomic E-state index is 4.33. The molecule has 0 saturated carbocycles. The number of nitrogens with zero attached hydrogens (tertiary/aromatic N) is 3. The molecular formula is C13H24N4S. The second-order valence-electron chi connectivity index (χ2n) is 5.37. The van der Waals surface area contributed by atoms with Crippen LogP contribution in [0.5, 0.6) is 0 Å². The molecule has 18 heavy (non-hydrogen) atoms. The van der Waals surface area contributed by atoms with Gasteiger partial charge < -0.3 is 5.32 Å². The Morgan fingerprint density at radius 2 is 2.39 bits per heavy atom. The van der Waals surface area contributed by atoms with Crippen LogP contribution >= 0.6 is 11.8 Å². The third-order valence-corrected chi connectivity index (χ3v) is 4.56. The Morgan fingerprint density at radius 3 is 3.11 bits per heavy atom. The average molecular weight is 268 g/mol. The highest BCUT2D eigenvalue weighted by molar-refractivity contribution is 7.99. The second kappa shape index (κ2) is 7.14.